The molecule has 0 aromatic carbocycles. The summed E-state index contributed by atoms with van der Waals surface area (Å²) in [7, 11) is 0. The molecule has 1 fully saturated rings. The molecule has 2 atom stereocenters. The van der Waals surface area contributed by atoms with Crippen LogP contribution in [0.3, 0.4) is 0 Å². The Labute approximate surface area is 74.8 Å². The van der Waals surface area contributed by atoms with E-state index >= 15 is 0 Å². The Bertz CT molecular complexity index is 173. The van der Waals surface area contributed by atoms with Crippen LogP contribution >= 0.6 is 0 Å². The highest BCUT2D eigenvalue weighted by molar-refractivity contribution is 4.96. The SMILES string of the molecule is C[C@@H]1CC[C@]2(CCC=CCO2)C1. The van der Waals surface area contributed by atoms with Gasteiger partial charge < -0.3 is 4.74 Å². The molecule has 2 aliphatic rings. The summed E-state index contributed by atoms with van der Waals surface area (Å²) in [6.07, 6.45) is 10.8. The van der Waals surface area contributed by atoms with Crippen molar-refractivity contribution in [3.05, 3.63) is 12.2 Å². The Hall–Kier alpha value is -0.300. The average Bonchev–Trinajstić information content (AvgIpc) is 2.30. The molecule has 1 heterocycles. The highest BCUT2D eigenvalue weighted by Gasteiger charge is 2.37. The predicted octanol–water partition coefficient (Wildman–Crippen LogP) is 2.91. The second-order valence-corrected chi connectivity index (χ2v) is 4.35. The molecular weight excluding hydrogens is 148 g/mol. The van der Waals surface area contributed by atoms with Crippen molar-refractivity contribution in [3.63, 3.8) is 0 Å². The Kier molecular flexibility index (Phi) is 2.22. The molecule has 1 spiro atoms. The Balaban J connectivity index is 2.01. The fraction of sp³-hybridized carbons (Fsp3) is 0.818. The van der Waals surface area contributed by atoms with Crippen molar-refractivity contribution >= 4 is 0 Å². The largest absolute Gasteiger partial charge is 0.371 e. The van der Waals surface area contributed by atoms with Crippen LogP contribution in [0.1, 0.15) is 39.0 Å². The third-order valence-electron chi connectivity index (χ3n) is 3.23. The van der Waals surface area contributed by atoms with Crippen molar-refractivity contribution in [2.24, 2.45) is 5.92 Å². The fourth-order valence-electron chi connectivity index (χ4n) is 2.54. The molecule has 1 heteroatoms. The molecule has 0 aromatic rings. The first kappa shape index (κ1) is 8.31. The summed E-state index contributed by atoms with van der Waals surface area (Å²) in [5.41, 5.74) is 0.267. The number of hydrogen-bond acceptors (Lipinski definition) is 1. The Morgan fingerprint density at radius 3 is 3.00 bits per heavy atom. The van der Waals surface area contributed by atoms with Gasteiger partial charge in [0.05, 0.1) is 12.2 Å². The van der Waals surface area contributed by atoms with E-state index in [0.717, 1.165) is 12.5 Å². The van der Waals surface area contributed by atoms with E-state index in [2.05, 4.69) is 19.1 Å². The first-order chi connectivity index (χ1) is 5.81. The van der Waals surface area contributed by atoms with Gasteiger partial charge in [-0.15, -0.1) is 0 Å². The van der Waals surface area contributed by atoms with Crippen LogP contribution < -0.4 is 0 Å². The normalized spacial score (nSPS) is 41.9. The van der Waals surface area contributed by atoms with Gasteiger partial charge in [-0.05, 0) is 38.0 Å². The van der Waals surface area contributed by atoms with Gasteiger partial charge in [0.15, 0.2) is 0 Å². The van der Waals surface area contributed by atoms with E-state index in [-0.39, 0.29) is 5.60 Å². The van der Waals surface area contributed by atoms with Crippen molar-refractivity contribution in [2.75, 3.05) is 6.61 Å². The minimum atomic E-state index is 0.267. The molecule has 0 N–H and O–H groups in total. The van der Waals surface area contributed by atoms with Gasteiger partial charge in [-0.25, -0.2) is 0 Å². The van der Waals surface area contributed by atoms with Crippen LogP contribution in [-0.2, 0) is 4.74 Å². The van der Waals surface area contributed by atoms with Crippen LogP contribution in [-0.4, -0.2) is 12.2 Å². The lowest BCUT2D eigenvalue weighted by atomic mass is 9.95. The van der Waals surface area contributed by atoms with Crippen molar-refractivity contribution in [1.82, 2.24) is 0 Å². The fourth-order valence-corrected chi connectivity index (χ4v) is 2.54. The number of ether oxygens (including phenoxy) is 1. The van der Waals surface area contributed by atoms with Gasteiger partial charge in [-0.2, -0.15) is 0 Å². The molecule has 0 amide bonds. The molecule has 0 saturated heterocycles. The van der Waals surface area contributed by atoms with E-state index in [1.54, 1.807) is 0 Å². The van der Waals surface area contributed by atoms with E-state index < -0.39 is 0 Å². The predicted molar refractivity (Wildman–Crippen MR) is 50.1 cm³/mol. The molecule has 1 nitrogen and oxygen atoms in total. The van der Waals surface area contributed by atoms with E-state index in [0.29, 0.717) is 0 Å². The van der Waals surface area contributed by atoms with Crippen molar-refractivity contribution in [1.29, 1.82) is 0 Å². The van der Waals surface area contributed by atoms with Gasteiger partial charge in [0, 0.05) is 0 Å². The molecule has 0 radical (unpaired) electrons. The lowest BCUT2D eigenvalue weighted by molar-refractivity contribution is -0.0303. The molecule has 0 bridgehead atoms. The third kappa shape index (κ3) is 1.56. The van der Waals surface area contributed by atoms with Gasteiger partial charge in [0.25, 0.3) is 0 Å². The third-order valence-corrected chi connectivity index (χ3v) is 3.23. The molecule has 2 rings (SSSR count). The minimum absolute atomic E-state index is 0.267. The topological polar surface area (TPSA) is 9.23 Å². The quantitative estimate of drug-likeness (QED) is 0.503. The number of allylic oxidation sites excluding steroid dienone is 1. The smallest absolute Gasteiger partial charge is 0.0692 e. The van der Waals surface area contributed by atoms with E-state index in [9.17, 15) is 0 Å². The van der Waals surface area contributed by atoms with E-state index in [1.807, 2.05) is 0 Å². The monoisotopic (exact) mass is 166 g/mol. The second kappa shape index (κ2) is 3.21. The first-order valence-electron chi connectivity index (χ1n) is 5.10. The zero-order valence-electron chi connectivity index (χ0n) is 7.88. The average molecular weight is 166 g/mol. The maximum Gasteiger partial charge on any atom is 0.0692 e. The molecule has 0 aromatic heterocycles. The maximum atomic E-state index is 5.94. The van der Waals surface area contributed by atoms with E-state index in [1.165, 1.54) is 32.1 Å². The summed E-state index contributed by atoms with van der Waals surface area (Å²) >= 11 is 0. The highest BCUT2D eigenvalue weighted by atomic mass is 16.5. The standard InChI is InChI=1S/C11H18O/c1-10-5-7-11(9-10)6-3-2-4-8-12-11/h2,4,10H,3,5-9H2,1H3/t10-,11-/m1/s1. The van der Waals surface area contributed by atoms with Crippen molar-refractivity contribution < 1.29 is 4.74 Å². The lowest BCUT2D eigenvalue weighted by Crippen LogP contribution is -2.28. The van der Waals surface area contributed by atoms with Crippen molar-refractivity contribution in [2.45, 2.75) is 44.6 Å². The summed E-state index contributed by atoms with van der Waals surface area (Å²) in [6.45, 7) is 3.18. The van der Waals surface area contributed by atoms with Crippen LogP contribution in [0.25, 0.3) is 0 Å². The molecule has 1 aliphatic heterocycles. The summed E-state index contributed by atoms with van der Waals surface area (Å²) in [5, 5.41) is 0. The van der Waals surface area contributed by atoms with Gasteiger partial charge >= 0.3 is 0 Å². The summed E-state index contributed by atoms with van der Waals surface area (Å²) in [4.78, 5) is 0. The summed E-state index contributed by atoms with van der Waals surface area (Å²) < 4.78 is 5.94. The summed E-state index contributed by atoms with van der Waals surface area (Å²) in [5.74, 6) is 0.878. The van der Waals surface area contributed by atoms with Gasteiger partial charge in [-0.1, -0.05) is 19.1 Å². The van der Waals surface area contributed by atoms with Crippen LogP contribution in [0.15, 0.2) is 12.2 Å². The van der Waals surface area contributed by atoms with Crippen LogP contribution in [0.5, 0.6) is 0 Å². The van der Waals surface area contributed by atoms with Crippen LogP contribution in [0, 0.1) is 5.92 Å². The molecule has 12 heavy (non-hydrogen) atoms. The molecule has 68 valence electrons. The first-order valence-corrected chi connectivity index (χ1v) is 5.10. The number of hydrogen-bond donors (Lipinski definition) is 0. The maximum absolute atomic E-state index is 5.94. The highest BCUT2D eigenvalue weighted by Crippen LogP contribution is 2.41. The van der Waals surface area contributed by atoms with Gasteiger partial charge in [0.2, 0.25) is 0 Å². The van der Waals surface area contributed by atoms with Gasteiger partial charge in [-0.3, -0.25) is 0 Å². The Morgan fingerprint density at radius 2 is 2.25 bits per heavy atom. The zero-order chi connectivity index (χ0) is 8.44. The van der Waals surface area contributed by atoms with E-state index in [4.69, 9.17) is 4.74 Å². The van der Waals surface area contributed by atoms with Crippen LogP contribution in [0.2, 0.25) is 0 Å². The summed E-state index contributed by atoms with van der Waals surface area (Å²) in [6, 6.07) is 0. The lowest BCUT2D eigenvalue weighted by Gasteiger charge is -2.27. The van der Waals surface area contributed by atoms with Crippen molar-refractivity contribution in [3.8, 4) is 0 Å². The molecule has 1 saturated carbocycles. The molecule has 0 unspecified atom stereocenters. The zero-order valence-corrected chi connectivity index (χ0v) is 7.88. The Morgan fingerprint density at radius 1 is 1.33 bits per heavy atom. The van der Waals surface area contributed by atoms with Gasteiger partial charge in [0.1, 0.15) is 0 Å². The minimum Gasteiger partial charge on any atom is -0.371 e. The second-order valence-electron chi connectivity index (χ2n) is 4.35. The molecule has 1 aliphatic carbocycles. The molecular formula is C11H18O. The number of rotatable bonds is 0. The van der Waals surface area contributed by atoms with Crippen LogP contribution in [0.4, 0.5) is 0 Å².